The summed E-state index contributed by atoms with van der Waals surface area (Å²) in [4.78, 5) is 11.8. The molecule has 0 spiro atoms. The van der Waals surface area contributed by atoms with Gasteiger partial charge in [-0.25, -0.2) is 4.98 Å². The second kappa shape index (κ2) is 7.46. The van der Waals surface area contributed by atoms with Crippen molar-refractivity contribution >= 4 is 11.0 Å². The molecule has 0 unspecified atom stereocenters. The van der Waals surface area contributed by atoms with Crippen LogP contribution in [0.25, 0.3) is 22.2 Å². The quantitative estimate of drug-likeness (QED) is 0.683. The van der Waals surface area contributed by atoms with Gasteiger partial charge in [0, 0.05) is 48.2 Å². The van der Waals surface area contributed by atoms with E-state index in [4.69, 9.17) is 0 Å². The fourth-order valence-corrected chi connectivity index (χ4v) is 2.44. The highest BCUT2D eigenvalue weighted by Gasteiger charge is 2.09. The topological polar surface area (TPSA) is 46.0 Å². The predicted octanol–water partition coefficient (Wildman–Crippen LogP) is 3.78. The summed E-state index contributed by atoms with van der Waals surface area (Å²) >= 11 is 0. The van der Waals surface area contributed by atoms with E-state index in [1.165, 1.54) is 5.56 Å². The average molecular weight is 306 g/mol. The third kappa shape index (κ3) is 3.35. The molecule has 23 heavy (non-hydrogen) atoms. The summed E-state index contributed by atoms with van der Waals surface area (Å²) in [6.45, 7) is 7.88. The molecule has 3 aromatic heterocycles. The number of fused-ring (bicyclic) bond motifs is 1. The number of nitrogens with zero attached hydrogens (tertiary/aromatic N) is 3. The lowest BCUT2D eigenvalue weighted by Crippen LogP contribution is -2.16. The minimum absolute atomic E-state index is 0.836. The molecular weight excluding hydrogens is 284 g/mol. The molecule has 0 fully saturated rings. The van der Waals surface area contributed by atoms with Gasteiger partial charge in [0.25, 0.3) is 0 Å². The van der Waals surface area contributed by atoms with E-state index in [1.54, 1.807) is 6.92 Å². The van der Waals surface area contributed by atoms with E-state index < -0.39 is 0 Å². The van der Waals surface area contributed by atoms with Crippen molar-refractivity contribution in [3.05, 3.63) is 47.8 Å². The Morgan fingerprint density at radius 2 is 2.00 bits per heavy atom. The normalized spacial score (nSPS) is 10.7. The number of hydrogen-bond acceptors (Lipinski definition) is 2. The number of aromatic amines is 1. The van der Waals surface area contributed by atoms with Gasteiger partial charge >= 0.3 is 0 Å². The predicted molar refractivity (Wildman–Crippen MR) is 95.6 cm³/mol. The van der Waals surface area contributed by atoms with Crippen LogP contribution in [0.1, 0.15) is 26.3 Å². The van der Waals surface area contributed by atoms with Gasteiger partial charge in [0.1, 0.15) is 11.1 Å². The zero-order valence-corrected chi connectivity index (χ0v) is 14.3. The van der Waals surface area contributed by atoms with E-state index in [2.05, 4.69) is 46.1 Å². The van der Waals surface area contributed by atoms with Crippen LogP contribution in [0.5, 0.6) is 0 Å². The monoisotopic (exact) mass is 306 g/mol. The van der Waals surface area contributed by atoms with E-state index in [9.17, 15) is 0 Å². The highest BCUT2D eigenvalue weighted by atomic mass is 15.0. The van der Waals surface area contributed by atoms with Crippen molar-refractivity contribution in [2.75, 3.05) is 0 Å². The molecular formula is C19H22N4. The second-order valence-corrected chi connectivity index (χ2v) is 4.91. The number of hydrogen-bond donors (Lipinski definition) is 1. The summed E-state index contributed by atoms with van der Waals surface area (Å²) in [6, 6.07) is 8.80. The van der Waals surface area contributed by atoms with Crippen molar-refractivity contribution < 1.29 is 0 Å². The van der Waals surface area contributed by atoms with Crippen molar-refractivity contribution in [3.8, 4) is 23.1 Å². The molecule has 1 N–H and O–H groups in total. The molecule has 0 aromatic carbocycles. The number of pyridine rings is 2. The van der Waals surface area contributed by atoms with Crippen molar-refractivity contribution in [2.45, 2.75) is 27.7 Å². The maximum absolute atomic E-state index is 4.37. The smallest absolute Gasteiger partial charge is 0.142 e. The molecule has 118 valence electrons. The highest BCUT2D eigenvalue weighted by Crippen LogP contribution is 2.29. The van der Waals surface area contributed by atoms with Gasteiger partial charge in [0.2, 0.25) is 0 Å². The number of H-pyrrole nitrogens is 1. The van der Waals surface area contributed by atoms with Crippen LogP contribution in [0.2, 0.25) is 0 Å². The molecule has 0 aliphatic carbocycles. The molecule has 3 rings (SSSR count). The fourth-order valence-electron chi connectivity index (χ4n) is 2.44. The summed E-state index contributed by atoms with van der Waals surface area (Å²) in [7, 11) is 1.97. The molecule has 4 heteroatoms. The van der Waals surface area contributed by atoms with Crippen molar-refractivity contribution in [1.82, 2.24) is 14.5 Å². The lowest BCUT2D eigenvalue weighted by Gasteiger charge is -2.05. The van der Waals surface area contributed by atoms with Crippen LogP contribution < -0.4 is 5.49 Å². The molecule has 0 saturated carbocycles. The van der Waals surface area contributed by atoms with Gasteiger partial charge in [-0.1, -0.05) is 19.8 Å². The van der Waals surface area contributed by atoms with E-state index in [-0.39, 0.29) is 0 Å². The second-order valence-electron chi connectivity index (χ2n) is 4.91. The van der Waals surface area contributed by atoms with Gasteiger partial charge in [-0.2, -0.15) is 4.99 Å². The Balaban J connectivity index is 0.000000924. The molecule has 0 aliphatic rings. The van der Waals surface area contributed by atoms with E-state index in [1.807, 2.05) is 50.0 Å². The van der Waals surface area contributed by atoms with E-state index in [0.717, 1.165) is 27.6 Å². The van der Waals surface area contributed by atoms with Crippen LogP contribution >= 0.6 is 0 Å². The number of nitrogens with one attached hydrogen (secondary N) is 1. The maximum atomic E-state index is 4.37. The number of rotatable bonds is 1. The standard InChI is InChI=1S/C17H16N4.C2H6/c1-4-8-18-15-6-5-13(11-21(15)3)14-10-20-17-16(14)12(2)7-9-19-17;1-2/h5-7,9-11H,1-3H3,(H,19,20);1-2H3. The zero-order chi connectivity index (χ0) is 16.8. The Labute approximate surface area is 136 Å². The zero-order valence-electron chi connectivity index (χ0n) is 14.3. The first-order chi connectivity index (χ1) is 11.2. The number of aryl methyl sites for hydroxylation is 2. The van der Waals surface area contributed by atoms with Crippen LogP contribution in [-0.2, 0) is 7.05 Å². The Bertz CT molecular complexity index is 933. The Kier molecular flexibility index (Phi) is 5.37. The molecule has 0 bridgehead atoms. The molecule has 0 radical (unpaired) electrons. The van der Waals surface area contributed by atoms with E-state index in [0.29, 0.717) is 0 Å². The van der Waals surface area contributed by atoms with Gasteiger partial charge in [-0.3, -0.25) is 0 Å². The lowest BCUT2D eigenvalue weighted by atomic mass is 10.0. The SMILES string of the molecule is CC.CC#CN=c1ccc(-c2c[nH]c3nccc(C)c23)cn1C. The molecule has 0 amide bonds. The molecule has 3 heterocycles. The molecule has 0 aliphatic heterocycles. The first-order valence-electron chi connectivity index (χ1n) is 7.76. The van der Waals surface area contributed by atoms with Crippen molar-refractivity contribution in [2.24, 2.45) is 12.0 Å². The number of aromatic nitrogens is 3. The molecule has 3 aromatic rings. The van der Waals surface area contributed by atoms with Gasteiger partial charge in [-0.05, 0) is 37.6 Å². The Morgan fingerprint density at radius 1 is 1.22 bits per heavy atom. The van der Waals surface area contributed by atoms with Crippen LogP contribution in [0.15, 0.2) is 41.8 Å². The van der Waals surface area contributed by atoms with Crippen molar-refractivity contribution in [3.63, 3.8) is 0 Å². The first-order valence-corrected chi connectivity index (χ1v) is 7.76. The fraction of sp³-hybridized carbons (Fsp3) is 0.263. The summed E-state index contributed by atoms with van der Waals surface area (Å²) < 4.78 is 1.98. The lowest BCUT2D eigenvalue weighted by molar-refractivity contribution is 0.839. The highest BCUT2D eigenvalue weighted by molar-refractivity contribution is 5.95. The van der Waals surface area contributed by atoms with E-state index >= 15 is 0 Å². The van der Waals surface area contributed by atoms with Crippen LogP contribution in [0.3, 0.4) is 0 Å². The largest absolute Gasteiger partial charge is 0.346 e. The summed E-state index contributed by atoms with van der Waals surface area (Å²) in [6.07, 6.45) is 5.89. The average Bonchev–Trinajstić information content (AvgIpc) is 3.01. The van der Waals surface area contributed by atoms with Gasteiger partial charge < -0.3 is 9.55 Å². The van der Waals surface area contributed by atoms with Gasteiger partial charge in [0.05, 0.1) is 0 Å². The maximum Gasteiger partial charge on any atom is 0.142 e. The van der Waals surface area contributed by atoms with Crippen LogP contribution in [0.4, 0.5) is 0 Å². The molecule has 0 saturated heterocycles. The van der Waals surface area contributed by atoms with Crippen molar-refractivity contribution in [1.29, 1.82) is 0 Å². The van der Waals surface area contributed by atoms with Crippen LogP contribution in [0, 0.1) is 18.9 Å². The third-order valence-electron chi connectivity index (χ3n) is 3.48. The molecule has 4 nitrogen and oxygen atoms in total. The minimum Gasteiger partial charge on any atom is -0.346 e. The summed E-state index contributed by atoms with van der Waals surface area (Å²) in [5.41, 5.74) is 5.24. The Hall–Kier alpha value is -2.80. The third-order valence-corrected chi connectivity index (χ3v) is 3.48. The Morgan fingerprint density at radius 3 is 2.70 bits per heavy atom. The first kappa shape index (κ1) is 16.6. The van der Waals surface area contributed by atoms with Crippen LogP contribution in [-0.4, -0.2) is 14.5 Å². The summed E-state index contributed by atoms with van der Waals surface area (Å²) in [5.74, 6) is 2.77. The van der Waals surface area contributed by atoms with Gasteiger partial charge in [-0.15, -0.1) is 0 Å². The minimum atomic E-state index is 0.836. The molecule has 0 atom stereocenters. The summed E-state index contributed by atoms with van der Waals surface area (Å²) in [5, 5.41) is 1.16. The van der Waals surface area contributed by atoms with Gasteiger partial charge in [0.15, 0.2) is 0 Å².